The molecule has 0 aromatic carbocycles. The summed E-state index contributed by atoms with van der Waals surface area (Å²) in [5, 5.41) is 7.54. The van der Waals surface area contributed by atoms with Gasteiger partial charge in [-0.15, -0.1) is 0 Å². The second-order valence-electron chi connectivity index (χ2n) is 6.31. The van der Waals surface area contributed by atoms with E-state index in [1.54, 1.807) is 0 Å². The van der Waals surface area contributed by atoms with Crippen molar-refractivity contribution < 1.29 is 9.26 Å². The number of hydrogen-bond donors (Lipinski definition) is 1. The summed E-state index contributed by atoms with van der Waals surface area (Å²) in [5.74, 6) is 1.71. The molecule has 2 unspecified atom stereocenters. The lowest BCUT2D eigenvalue weighted by atomic mass is 9.85. The fraction of sp³-hybridized carbons (Fsp3) is 0.812. The lowest BCUT2D eigenvalue weighted by molar-refractivity contribution is -0.00711. The quantitative estimate of drug-likeness (QED) is 0.830. The Hall–Kier alpha value is -0.870. The fourth-order valence-corrected chi connectivity index (χ4v) is 3.01. The summed E-state index contributed by atoms with van der Waals surface area (Å²) in [4.78, 5) is 0. The van der Waals surface area contributed by atoms with E-state index in [1.165, 1.54) is 44.9 Å². The molecule has 0 amide bonds. The van der Waals surface area contributed by atoms with Gasteiger partial charge in [0, 0.05) is 18.7 Å². The van der Waals surface area contributed by atoms with E-state index >= 15 is 0 Å². The summed E-state index contributed by atoms with van der Waals surface area (Å²) < 4.78 is 11.3. The molecule has 4 heteroatoms. The Morgan fingerprint density at radius 1 is 1.35 bits per heavy atom. The molecule has 1 aromatic rings. The largest absolute Gasteiger partial charge is 0.370 e. The van der Waals surface area contributed by atoms with Crippen molar-refractivity contribution in [2.45, 2.75) is 77.2 Å². The minimum Gasteiger partial charge on any atom is -0.370 e. The molecule has 2 fully saturated rings. The van der Waals surface area contributed by atoms with E-state index in [2.05, 4.69) is 17.4 Å². The molecule has 1 heterocycles. The van der Waals surface area contributed by atoms with Gasteiger partial charge < -0.3 is 14.6 Å². The van der Waals surface area contributed by atoms with Gasteiger partial charge in [0.05, 0.1) is 11.8 Å². The van der Waals surface area contributed by atoms with Crippen molar-refractivity contribution in [3.8, 4) is 0 Å². The summed E-state index contributed by atoms with van der Waals surface area (Å²) in [6.07, 6.45) is 9.36. The van der Waals surface area contributed by atoms with Crippen LogP contribution in [0.1, 0.15) is 63.3 Å². The maximum absolute atomic E-state index is 6.00. The van der Waals surface area contributed by atoms with Crippen molar-refractivity contribution in [2.24, 2.45) is 5.92 Å². The summed E-state index contributed by atoms with van der Waals surface area (Å²) in [6, 6.07) is 2.73. The Balaban J connectivity index is 1.40. The number of hydrogen-bond acceptors (Lipinski definition) is 4. The van der Waals surface area contributed by atoms with Crippen LogP contribution in [0.25, 0.3) is 0 Å². The molecule has 2 atom stereocenters. The molecule has 4 nitrogen and oxygen atoms in total. The summed E-state index contributed by atoms with van der Waals surface area (Å²) in [6.45, 7) is 3.66. The normalized spacial score (nSPS) is 26.9. The molecule has 112 valence electrons. The SMILES string of the molecule is CCC1CCCC(OCc2cc(CNC3CC3)no2)C1. The highest BCUT2D eigenvalue weighted by molar-refractivity contribution is 5.05. The van der Waals surface area contributed by atoms with Crippen molar-refractivity contribution in [3.05, 3.63) is 17.5 Å². The van der Waals surface area contributed by atoms with Gasteiger partial charge in [-0.25, -0.2) is 0 Å². The molecular formula is C16H26N2O2. The molecule has 2 aliphatic rings. The van der Waals surface area contributed by atoms with Crippen LogP contribution in [0.2, 0.25) is 0 Å². The van der Waals surface area contributed by atoms with E-state index < -0.39 is 0 Å². The Bertz CT molecular complexity index is 414. The molecule has 2 saturated carbocycles. The van der Waals surface area contributed by atoms with E-state index in [9.17, 15) is 0 Å². The van der Waals surface area contributed by atoms with Crippen LogP contribution in [0, 0.1) is 5.92 Å². The van der Waals surface area contributed by atoms with Gasteiger partial charge >= 0.3 is 0 Å². The maximum atomic E-state index is 6.00. The Morgan fingerprint density at radius 3 is 3.05 bits per heavy atom. The first-order valence-electron chi connectivity index (χ1n) is 8.13. The zero-order valence-electron chi connectivity index (χ0n) is 12.4. The summed E-state index contributed by atoms with van der Waals surface area (Å²) in [7, 11) is 0. The van der Waals surface area contributed by atoms with Gasteiger partial charge in [-0.1, -0.05) is 31.3 Å². The standard InChI is InChI=1S/C16H26N2O2/c1-2-12-4-3-5-15(8-12)19-11-16-9-14(18-20-16)10-17-13-6-7-13/h9,12-13,15,17H,2-8,10-11H2,1H3. The number of ether oxygens (including phenoxy) is 1. The minimum atomic E-state index is 0.409. The predicted molar refractivity (Wildman–Crippen MR) is 77.2 cm³/mol. The van der Waals surface area contributed by atoms with Gasteiger partial charge in [0.1, 0.15) is 6.61 Å². The highest BCUT2D eigenvalue weighted by atomic mass is 16.5. The van der Waals surface area contributed by atoms with Crippen LogP contribution in [-0.2, 0) is 17.9 Å². The molecule has 2 aliphatic carbocycles. The number of rotatable bonds is 7. The minimum absolute atomic E-state index is 0.409. The second kappa shape index (κ2) is 6.72. The lowest BCUT2D eigenvalue weighted by Crippen LogP contribution is -2.22. The van der Waals surface area contributed by atoms with Crippen molar-refractivity contribution in [1.29, 1.82) is 0 Å². The molecule has 0 saturated heterocycles. The van der Waals surface area contributed by atoms with Gasteiger partial charge in [0.25, 0.3) is 0 Å². The Labute approximate surface area is 121 Å². The Morgan fingerprint density at radius 2 is 2.25 bits per heavy atom. The van der Waals surface area contributed by atoms with Crippen LogP contribution >= 0.6 is 0 Å². The monoisotopic (exact) mass is 278 g/mol. The van der Waals surface area contributed by atoms with Gasteiger partial charge in [0.15, 0.2) is 5.76 Å². The molecule has 0 bridgehead atoms. The van der Waals surface area contributed by atoms with Crippen molar-refractivity contribution >= 4 is 0 Å². The molecule has 1 aromatic heterocycles. The van der Waals surface area contributed by atoms with Crippen LogP contribution in [0.5, 0.6) is 0 Å². The van der Waals surface area contributed by atoms with E-state index in [1.807, 2.05) is 6.07 Å². The number of aromatic nitrogens is 1. The fourth-order valence-electron chi connectivity index (χ4n) is 3.01. The zero-order chi connectivity index (χ0) is 13.8. The third-order valence-corrected chi connectivity index (χ3v) is 4.53. The molecule has 20 heavy (non-hydrogen) atoms. The first kappa shape index (κ1) is 14.1. The third kappa shape index (κ3) is 4.06. The van der Waals surface area contributed by atoms with Crippen LogP contribution in [0.15, 0.2) is 10.6 Å². The number of nitrogens with one attached hydrogen (secondary N) is 1. The first-order chi connectivity index (χ1) is 9.83. The van der Waals surface area contributed by atoms with E-state index in [4.69, 9.17) is 9.26 Å². The van der Waals surface area contributed by atoms with Gasteiger partial charge in [-0.3, -0.25) is 0 Å². The van der Waals surface area contributed by atoms with Crippen LogP contribution in [0.4, 0.5) is 0 Å². The maximum Gasteiger partial charge on any atom is 0.162 e. The molecule has 0 spiro atoms. The predicted octanol–water partition coefficient (Wildman–Crippen LogP) is 3.41. The van der Waals surface area contributed by atoms with Crippen molar-refractivity contribution in [1.82, 2.24) is 10.5 Å². The Kier molecular flexibility index (Phi) is 4.73. The van der Waals surface area contributed by atoms with Crippen LogP contribution < -0.4 is 5.32 Å². The molecule has 3 rings (SSSR count). The highest BCUT2D eigenvalue weighted by Gasteiger charge is 2.22. The van der Waals surface area contributed by atoms with Crippen LogP contribution in [0.3, 0.4) is 0 Å². The second-order valence-corrected chi connectivity index (χ2v) is 6.31. The van der Waals surface area contributed by atoms with Gasteiger partial charge in [-0.05, 0) is 31.6 Å². The molecule has 1 N–H and O–H groups in total. The summed E-state index contributed by atoms with van der Waals surface area (Å²) >= 11 is 0. The molecular weight excluding hydrogens is 252 g/mol. The topological polar surface area (TPSA) is 47.3 Å². The average molecular weight is 278 g/mol. The number of nitrogens with zero attached hydrogens (tertiary/aromatic N) is 1. The molecule has 0 aliphatic heterocycles. The van der Waals surface area contributed by atoms with E-state index in [0.717, 1.165) is 23.9 Å². The third-order valence-electron chi connectivity index (χ3n) is 4.53. The van der Waals surface area contributed by atoms with E-state index in [0.29, 0.717) is 18.8 Å². The summed E-state index contributed by atoms with van der Waals surface area (Å²) in [5.41, 5.74) is 0.991. The molecule has 0 radical (unpaired) electrons. The average Bonchev–Trinajstić information content (AvgIpc) is 3.21. The zero-order valence-corrected chi connectivity index (χ0v) is 12.4. The van der Waals surface area contributed by atoms with Crippen molar-refractivity contribution in [3.63, 3.8) is 0 Å². The lowest BCUT2D eigenvalue weighted by Gasteiger charge is -2.28. The van der Waals surface area contributed by atoms with Gasteiger partial charge in [-0.2, -0.15) is 0 Å². The first-order valence-corrected chi connectivity index (χ1v) is 8.13. The van der Waals surface area contributed by atoms with Crippen molar-refractivity contribution in [2.75, 3.05) is 0 Å². The smallest absolute Gasteiger partial charge is 0.162 e. The highest BCUT2D eigenvalue weighted by Crippen LogP contribution is 2.29. The van der Waals surface area contributed by atoms with E-state index in [-0.39, 0.29) is 0 Å². The van der Waals surface area contributed by atoms with Gasteiger partial charge in [0.2, 0.25) is 0 Å². The van der Waals surface area contributed by atoms with Crippen LogP contribution in [-0.4, -0.2) is 17.3 Å².